The van der Waals surface area contributed by atoms with Crippen LogP contribution in [0.2, 0.25) is 0 Å². The van der Waals surface area contributed by atoms with Crippen LogP contribution in [0.15, 0.2) is 388 Å². The zero-order valence-corrected chi connectivity index (χ0v) is 58.7. The highest BCUT2D eigenvalue weighted by molar-refractivity contribution is 6.18. The molecule has 0 aliphatic carbocycles. The molecule has 20 aromatic rings. The smallest absolute Gasteiger partial charge is 0.0619 e. The Morgan fingerprint density at radius 3 is 0.933 bits per heavy atom. The lowest BCUT2D eigenvalue weighted by atomic mass is 9.96. The maximum Gasteiger partial charge on any atom is 0.0619 e. The van der Waals surface area contributed by atoms with Crippen molar-refractivity contribution in [1.82, 2.24) is 18.3 Å². The van der Waals surface area contributed by atoms with Gasteiger partial charge >= 0.3 is 0 Å². The molecular weight excluding hydrogens is 1260 g/mol. The topological polar surface area (TPSA) is 19.7 Å². The number of hydrogen-bond acceptors (Lipinski definition) is 0. The van der Waals surface area contributed by atoms with Crippen molar-refractivity contribution in [2.75, 3.05) is 0 Å². The fourth-order valence-electron chi connectivity index (χ4n) is 15.7. The molecule has 0 amide bonds. The molecule has 0 radical (unpaired) electrons. The number of aryl methyl sites for hydroxylation is 4. The Balaban J connectivity index is 0.000000103. The van der Waals surface area contributed by atoms with Crippen LogP contribution in [0.25, 0.3) is 154 Å². The monoisotopic (exact) mass is 1330 g/mol. The SMILES string of the molecule is Cc1ccc(-c2cccc3c4ccccc4n(-c4ccccc4)c23)cc1.Cc1cccc(-c2cccc3c4ccccc4n(-c4ccccc4)c23)c1.Cc1ccccc1-c1cccc2c1c1ccccc1n2-c1ccccc1.Cc1ccccc1-c1cccc2c3ccccc3n(-c3ccccc3)c12. The van der Waals surface area contributed by atoms with Crippen molar-refractivity contribution in [3.63, 3.8) is 0 Å². The van der Waals surface area contributed by atoms with Crippen LogP contribution in [0.1, 0.15) is 22.3 Å². The maximum absolute atomic E-state index is 2.40. The summed E-state index contributed by atoms with van der Waals surface area (Å²) in [6.07, 6.45) is 0. The van der Waals surface area contributed by atoms with Gasteiger partial charge in [0, 0.05) is 82.5 Å². The van der Waals surface area contributed by atoms with Gasteiger partial charge in [0.05, 0.1) is 44.1 Å². The van der Waals surface area contributed by atoms with Gasteiger partial charge < -0.3 is 18.3 Å². The summed E-state index contributed by atoms with van der Waals surface area (Å²) in [5.74, 6) is 0. The average molecular weight is 1330 g/mol. The number of nitrogens with zero attached hydrogens (tertiary/aromatic N) is 4. The van der Waals surface area contributed by atoms with Crippen LogP contribution in [0.3, 0.4) is 0 Å². The predicted octanol–water partition coefficient (Wildman–Crippen LogP) is 27.0. The summed E-state index contributed by atoms with van der Waals surface area (Å²) < 4.78 is 9.54. The minimum atomic E-state index is 1.19. The van der Waals surface area contributed by atoms with Gasteiger partial charge in [-0.2, -0.15) is 0 Å². The molecule has 20 rings (SSSR count). The van der Waals surface area contributed by atoms with Gasteiger partial charge in [-0.1, -0.05) is 321 Å². The Morgan fingerprint density at radius 1 is 0.173 bits per heavy atom. The molecule has 0 fully saturated rings. The first-order valence-electron chi connectivity index (χ1n) is 35.9. The van der Waals surface area contributed by atoms with Gasteiger partial charge in [-0.15, -0.1) is 0 Å². The third-order valence-corrected chi connectivity index (χ3v) is 20.4. The highest BCUT2D eigenvalue weighted by Gasteiger charge is 2.21. The lowest BCUT2D eigenvalue weighted by Gasteiger charge is -2.13. The Morgan fingerprint density at radius 2 is 0.481 bits per heavy atom. The second-order valence-corrected chi connectivity index (χ2v) is 26.9. The molecule has 0 unspecified atom stereocenters. The van der Waals surface area contributed by atoms with E-state index in [1.54, 1.807) is 0 Å². The third kappa shape index (κ3) is 11.8. The van der Waals surface area contributed by atoms with Crippen molar-refractivity contribution in [3.8, 4) is 67.3 Å². The summed E-state index contributed by atoms with van der Waals surface area (Å²) in [5.41, 5.74) is 30.2. The zero-order chi connectivity index (χ0) is 70.0. The van der Waals surface area contributed by atoms with Crippen LogP contribution in [0.5, 0.6) is 0 Å². The molecule has 496 valence electrons. The van der Waals surface area contributed by atoms with Crippen LogP contribution in [-0.4, -0.2) is 18.3 Å². The predicted molar refractivity (Wildman–Crippen MR) is 444 cm³/mol. The molecule has 0 aliphatic heterocycles. The van der Waals surface area contributed by atoms with E-state index < -0.39 is 0 Å². The normalized spacial score (nSPS) is 11.3. The van der Waals surface area contributed by atoms with Crippen molar-refractivity contribution in [1.29, 1.82) is 0 Å². The van der Waals surface area contributed by atoms with E-state index in [1.165, 1.54) is 177 Å². The quantitative estimate of drug-likeness (QED) is 0.144. The Labute approximate surface area is 607 Å². The summed E-state index contributed by atoms with van der Waals surface area (Å²) in [6.45, 7) is 8.65. The van der Waals surface area contributed by atoms with Gasteiger partial charge in [0.1, 0.15) is 0 Å². The molecule has 0 aliphatic rings. The summed E-state index contributed by atoms with van der Waals surface area (Å²) in [7, 11) is 0. The summed E-state index contributed by atoms with van der Waals surface area (Å²) in [4.78, 5) is 0. The molecule has 4 aromatic heterocycles. The van der Waals surface area contributed by atoms with Crippen molar-refractivity contribution in [2.45, 2.75) is 27.7 Å². The van der Waals surface area contributed by atoms with Gasteiger partial charge in [0.25, 0.3) is 0 Å². The summed E-state index contributed by atoms with van der Waals surface area (Å²) in [6, 6.07) is 139. The van der Waals surface area contributed by atoms with Crippen molar-refractivity contribution in [3.05, 3.63) is 411 Å². The van der Waals surface area contributed by atoms with E-state index in [0.717, 1.165) is 0 Å². The Bertz CT molecular complexity index is 6480. The lowest BCUT2D eigenvalue weighted by Crippen LogP contribution is -1.95. The van der Waals surface area contributed by atoms with Crippen LogP contribution in [0.4, 0.5) is 0 Å². The fraction of sp³-hybridized carbons (Fsp3) is 0.0400. The van der Waals surface area contributed by atoms with E-state index >= 15 is 0 Å². The molecule has 0 N–H and O–H groups in total. The Kier molecular flexibility index (Phi) is 17.3. The standard InChI is InChI=1S/4C25H19N/c1-18-9-7-10-19(17-18)21-14-8-15-23-22-13-5-6-16-24(22)26(25(21)23)20-11-3-2-4-12-20;1-18-10-5-6-13-20(18)22-15-9-16-23-21-14-7-8-17-24(21)26(25(22)23)19-11-3-2-4-12-19;1-18-10-5-6-13-20(18)21-15-9-17-24-25(21)22-14-7-8-16-23(22)26(24)19-11-3-2-4-12-19;1-18-14-16-19(17-15-18)21-11-7-12-23-22-10-5-6-13-24(22)26(25(21)23)20-8-3-2-4-9-20/h4*2-17H,1H3. The van der Waals surface area contributed by atoms with Gasteiger partial charge in [-0.3, -0.25) is 0 Å². The summed E-state index contributed by atoms with van der Waals surface area (Å²) >= 11 is 0. The van der Waals surface area contributed by atoms with Crippen LogP contribution in [-0.2, 0) is 0 Å². The first kappa shape index (κ1) is 64.1. The molecule has 104 heavy (non-hydrogen) atoms. The first-order chi connectivity index (χ1) is 51.3. The molecule has 16 aromatic carbocycles. The van der Waals surface area contributed by atoms with Crippen LogP contribution < -0.4 is 0 Å². The van der Waals surface area contributed by atoms with Crippen LogP contribution >= 0.6 is 0 Å². The van der Waals surface area contributed by atoms with Gasteiger partial charge in [-0.05, 0) is 146 Å². The molecule has 0 saturated heterocycles. The third-order valence-electron chi connectivity index (χ3n) is 20.4. The van der Waals surface area contributed by atoms with E-state index in [9.17, 15) is 0 Å². The lowest BCUT2D eigenvalue weighted by molar-refractivity contribution is 1.18. The van der Waals surface area contributed by atoms with Crippen molar-refractivity contribution in [2.24, 2.45) is 0 Å². The second kappa shape index (κ2) is 28.0. The number of aromatic nitrogens is 4. The van der Waals surface area contributed by atoms with E-state index in [-0.39, 0.29) is 0 Å². The highest BCUT2D eigenvalue weighted by Crippen LogP contribution is 2.44. The van der Waals surface area contributed by atoms with E-state index in [2.05, 4.69) is 434 Å². The second-order valence-electron chi connectivity index (χ2n) is 26.9. The zero-order valence-electron chi connectivity index (χ0n) is 58.7. The molecule has 0 atom stereocenters. The molecule has 0 spiro atoms. The van der Waals surface area contributed by atoms with Gasteiger partial charge in [0.2, 0.25) is 0 Å². The van der Waals surface area contributed by atoms with Gasteiger partial charge in [0.15, 0.2) is 0 Å². The fourth-order valence-corrected chi connectivity index (χ4v) is 15.7. The number of fused-ring (bicyclic) bond motifs is 12. The molecule has 4 heterocycles. The van der Waals surface area contributed by atoms with Crippen molar-refractivity contribution < 1.29 is 0 Å². The molecular formula is C100H76N4. The molecule has 0 saturated carbocycles. The van der Waals surface area contributed by atoms with E-state index in [1.807, 2.05) is 0 Å². The summed E-state index contributed by atoms with van der Waals surface area (Å²) in [5, 5.41) is 10.4. The van der Waals surface area contributed by atoms with Crippen LogP contribution in [0, 0.1) is 27.7 Å². The number of para-hydroxylation sites is 11. The minimum Gasteiger partial charge on any atom is -0.309 e. The molecule has 0 bridgehead atoms. The molecule has 4 heteroatoms. The van der Waals surface area contributed by atoms with Crippen molar-refractivity contribution >= 4 is 87.2 Å². The molecule has 4 nitrogen and oxygen atoms in total. The Hall–Kier alpha value is -13.3. The first-order valence-corrected chi connectivity index (χ1v) is 35.9. The maximum atomic E-state index is 2.40. The van der Waals surface area contributed by atoms with E-state index in [4.69, 9.17) is 0 Å². The minimum absolute atomic E-state index is 1.19. The number of benzene rings is 16. The van der Waals surface area contributed by atoms with Gasteiger partial charge in [-0.25, -0.2) is 0 Å². The van der Waals surface area contributed by atoms with E-state index in [0.29, 0.717) is 0 Å². The largest absolute Gasteiger partial charge is 0.309 e. The average Bonchev–Trinajstić information content (AvgIpc) is 1.60. The number of hydrogen-bond donors (Lipinski definition) is 0. The number of rotatable bonds is 8. The highest BCUT2D eigenvalue weighted by atomic mass is 15.0.